The first-order chi connectivity index (χ1) is 8.51. The van der Waals surface area contributed by atoms with Crippen LogP contribution in [0.15, 0.2) is 15.8 Å². The highest BCUT2D eigenvalue weighted by atomic mass is 16.7. The molecule has 100 valence electrons. The maximum atomic E-state index is 11.7. The quantitative estimate of drug-likeness (QED) is 0.759. The summed E-state index contributed by atoms with van der Waals surface area (Å²) in [4.78, 5) is 25.2. The number of aryl methyl sites for hydroxylation is 1. The Morgan fingerprint density at radius 2 is 2.39 bits per heavy atom. The number of ether oxygens (including phenoxy) is 2. The van der Waals surface area contributed by atoms with Crippen molar-refractivity contribution in [3.8, 4) is 0 Å². The van der Waals surface area contributed by atoms with Gasteiger partial charge in [0.15, 0.2) is 5.79 Å². The van der Waals surface area contributed by atoms with E-state index in [4.69, 9.17) is 9.47 Å². The van der Waals surface area contributed by atoms with Crippen molar-refractivity contribution >= 4 is 0 Å². The second kappa shape index (κ2) is 4.68. The number of nitrogens with zero attached hydrogens (tertiary/aromatic N) is 1. The van der Waals surface area contributed by atoms with Crippen LogP contribution in [0.4, 0.5) is 0 Å². The van der Waals surface area contributed by atoms with Gasteiger partial charge in [0.1, 0.15) is 6.23 Å². The molecule has 0 aliphatic carbocycles. The molecule has 1 aliphatic heterocycles. The van der Waals surface area contributed by atoms with Crippen LogP contribution in [-0.2, 0) is 9.47 Å². The standard InChI is InChI=1S/C11H16N2O5/c1-7-5-13(10(16)12-9(7)15)8-3-4-11(6-14,17-2)18-8/h5,8,14H,3-4,6H2,1-2H3,(H,12,15,16)/t8-,11+/m0/s1. The molecular formula is C11H16N2O5. The number of rotatable bonds is 3. The average Bonchev–Trinajstić information content (AvgIpc) is 2.79. The Bertz CT molecular complexity index is 543. The van der Waals surface area contributed by atoms with E-state index in [1.807, 2.05) is 0 Å². The first-order valence-electron chi connectivity index (χ1n) is 5.67. The summed E-state index contributed by atoms with van der Waals surface area (Å²) in [5, 5.41) is 9.25. The van der Waals surface area contributed by atoms with Gasteiger partial charge in [-0.2, -0.15) is 0 Å². The van der Waals surface area contributed by atoms with E-state index in [2.05, 4.69) is 4.98 Å². The van der Waals surface area contributed by atoms with Crippen LogP contribution >= 0.6 is 0 Å². The number of H-pyrrole nitrogens is 1. The van der Waals surface area contributed by atoms with E-state index in [0.717, 1.165) is 0 Å². The van der Waals surface area contributed by atoms with Crippen LogP contribution in [0.25, 0.3) is 0 Å². The Morgan fingerprint density at radius 1 is 1.67 bits per heavy atom. The summed E-state index contributed by atoms with van der Waals surface area (Å²) in [6.07, 6.45) is 1.92. The number of aromatic nitrogens is 2. The largest absolute Gasteiger partial charge is 0.391 e. The van der Waals surface area contributed by atoms with Crippen molar-refractivity contribution < 1.29 is 14.6 Å². The Hall–Kier alpha value is -1.44. The number of methoxy groups -OCH3 is 1. The number of nitrogens with one attached hydrogen (secondary N) is 1. The van der Waals surface area contributed by atoms with Crippen molar-refractivity contribution in [3.63, 3.8) is 0 Å². The highest BCUT2D eigenvalue weighted by molar-refractivity contribution is 5.01. The maximum Gasteiger partial charge on any atom is 0.330 e. The summed E-state index contributed by atoms with van der Waals surface area (Å²) in [7, 11) is 1.44. The van der Waals surface area contributed by atoms with Gasteiger partial charge in [0, 0.05) is 25.3 Å². The fraction of sp³-hybridized carbons (Fsp3) is 0.636. The van der Waals surface area contributed by atoms with Gasteiger partial charge in [-0.1, -0.05) is 0 Å². The van der Waals surface area contributed by atoms with Crippen molar-refractivity contribution in [2.45, 2.75) is 31.8 Å². The monoisotopic (exact) mass is 256 g/mol. The summed E-state index contributed by atoms with van der Waals surface area (Å²) < 4.78 is 12.0. The van der Waals surface area contributed by atoms with Gasteiger partial charge in [0.25, 0.3) is 5.56 Å². The molecule has 1 aliphatic rings. The van der Waals surface area contributed by atoms with Crippen LogP contribution in [-0.4, -0.2) is 34.2 Å². The summed E-state index contributed by atoms with van der Waals surface area (Å²) in [5.74, 6) is -1.06. The lowest BCUT2D eigenvalue weighted by molar-refractivity contribution is -0.242. The smallest absolute Gasteiger partial charge is 0.330 e. The third kappa shape index (κ3) is 2.12. The van der Waals surface area contributed by atoms with Crippen molar-refractivity contribution in [1.82, 2.24) is 9.55 Å². The van der Waals surface area contributed by atoms with Crippen LogP contribution in [0, 0.1) is 6.92 Å². The molecule has 0 aromatic carbocycles. The second-order valence-corrected chi connectivity index (χ2v) is 4.36. The first kappa shape index (κ1) is 13.0. The third-order valence-corrected chi connectivity index (χ3v) is 3.19. The van der Waals surface area contributed by atoms with E-state index < -0.39 is 23.3 Å². The predicted octanol–water partition coefficient (Wildman–Crippen LogP) is -0.511. The van der Waals surface area contributed by atoms with Crippen molar-refractivity contribution in [2.75, 3.05) is 13.7 Å². The molecule has 2 rings (SSSR count). The molecule has 2 heterocycles. The fourth-order valence-electron chi connectivity index (χ4n) is 2.04. The van der Waals surface area contributed by atoms with Crippen LogP contribution in [0.2, 0.25) is 0 Å². The van der Waals surface area contributed by atoms with Crippen molar-refractivity contribution in [1.29, 1.82) is 0 Å². The molecule has 2 atom stereocenters. The zero-order valence-corrected chi connectivity index (χ0v) is 10.3. The van der Waals surface area contributed by atoms with Crippen LogP contribution in [0.3, 0.4) is 0 Å². The molecule has 2 N–H and O–H groups in total. The molecular weight excluding hydrogens is 240 g/mol. The number of aliphatic hydroxyl groups is 1. The average molecular weight is 256 g/mol. The van der Waals surface area contributed by atoms with Crippen LogP contribution in [0.1, 0.15) is 24.6 Å². The Morgan fingerprint density at radius 3 is 2.94 bits per heavy atom. The SMILES string of the molecule is CO[C@]1(CO)CC[C@@H](n2cc(C)c(=O)[nH]c2=O)O1. The minimum absolute atomic E-state index is 0.281. The van der Waals surface area contributed by atoms with Gasteiger partial charge in [-0.25, -0.2) is 4.79 Å². The lowest BCUT2D eigenvalue weighted by Gasteiger charge is -2.25. The van der Waals surface area contributed by atoms with E-state index >= 15 is 0 Å². The van der Waals surface area contributed by atoms with Crippen LogP contribution in [0.5, 0.6) is 0 Å². The van der Waals surface area contributed by atoms with Gasteiger partial charge >= 0.3 is 5.69 Å². The highest BCUT2D eigenvalue weighted by Crippen LogP contribution is 2.35. The minimum atomic E-state index is -1.06. The topological polar surface area (TPSA) is 93.5 Å². The number of aromatic amines is 1. The van der Waals surface area contributed by atoms with Gasteiger partial charge in [0.2, 0.25) is 0 Å². The lowest BCUT2D eigenvalue weighted by atomic mass is 10.2. The molecule has 7 nitrogen and oxygen atoms in total. The molecule has 18 heavy (non-hydrogen) atoms. The Labute approximate surface area is 103 Å². The number of hydrogen-bond donors (Lipinski definition) is 2. The zero-order valence-electron chi connectivity index (χ0n) is 10.3. The normalized spacial score (nSPS) is 27.6. The second-order valence-electron chi connectivity index (χ2n) is 4.36. The third-order valence-electron chi connectivity index (χ3n) is 3.19. The van der Waals surface area contributed by atoms with Gasteiger partial charge in [-0.3, -0.25) is 14.3 Å². The van der Waals surface area contributed by atoms with Gasteiger partial charge in [-0.15, -0.1) is 0 Å². The number of aliphatic hydroxyl groups excluding tert-OH is 1. The van der Waals surface area contributed by atoms with E-state index in [0.29, 0.717) is 18.4 Å². The molecule has 7 heteroatoms. The van der Waals surface area contributed by atoms with Gasteiger partial charge in [-0.05, 0) is 13.3 Å². The molecule has 0 unspecified atom stereocenters. The lowest BCUT2D eigenvalue weighted by Crippen LogP contribution is -2.38. The summed E-state index contributed by atoms with van der Waals surface area (Å²) in [5.41, 5.74) is -0.507. The summed E-state index contributed by atoms with van der Waals surface area (Å²) in [6.45, 7) is 1.33. The first-order valence-corrected chi connectivity index (χ1v) is 5.67. The molecule has 0 spiro atoms. The summed E-state index contributed by atoms with van der Waals surface area (Å²) in [6, 6.07) is 0. The molecule has 1 aromatic heterocycles. The highest BCUT2D eigenvalue weighted by Gasteiger charge is 2.41. The number of hydrogen-bond acceptors (Lipinski definition) is 5. The maximum absolute atomic E-state index is 11.7. The summed E-state index contributed by atoms with van der Waals surface area (Å²) >= 11 is 0. The molecule has 0 bridgehead atoms. The van der Waals surface area contributed by atoms with E-state index in [1.165, 1.54) is 17.9 Å². The fourth-order valence-corrected chi connectivity index (χ4v) is 2.04. The molecule has 0 amide bonds. The Kier molecular flexibility index (Phi) is 3.38. The minimum Gasteiger partial charge on any atom is -0.391 e. The zero-order chi connectivity index (χ0) is 13.3. The predicted molar refractivity (Wildman–Crippen MR) is 62.2 cm³/mol. The van der Waals surface area contributed by atoms with E-state index in [-0.39, 0.29) is 6.61 Å². The molecule has 1 aromatic rings. The van der Waals surface area contributed by atoms with Crippen LogP contribution < -0.4 is 11.2 Å². The van der Waals surface area contributed by atoms with Crippen molar-refractivity contribution in [2.24, 2.45) is 0 Å². The molecule has 0 radical (unpaired) electrons. The van der Waals surface area contributed by atoms with Gasteiger partial charge in [0.05, 0.1) is 6.61 Å². The molecule has 1 saturated heterocycles. The van der Waals surface area contributed by atoms with Gasteiger partial charge < -0.3 is 14.6 Å². The van der Waals surface area contributed by atoms with Crippen molar-refractivity contribution in [3.05, 3.63) is 32.6 Å². The molecule has 1 fully saturated rings. The van der Waals surface area contributed by atoms with E-state index in [9.17, 15) is 14.7 Å². The Balaban J connectivity index is 2.33. The molecule has 0 saturated carbocycles. The van der Waals surface area contributed by atoms with E-state index in [1.54, 1.807) is 6.92 Å².